The Morgan fingerprint density at radius 3 is 2.76 bits per heavy atom. The summed E-state index contributed by atoms with van der Waals surface area (Å²) in [6.07, 6.45) is 4.50. The van der Waals surface area contributed by atoms with Crippen LogP contribution in [0, 0.1) is 0 Å². The van der Waals surface area contributed by atoms with Gasteiger partial charge in [-0.2, -0.15) is 0 Å². The van der Waals surface area contributed by atoms with Gasteiger partial charge in [-0.3, -0.25) is 0 Å². The van der Waals surface area contributed by atoms with Gasteiger partial charge in [-0.05, 0) is 30.5 Å². The van der Waals surface area contributed by atoms with Crippen LogP contribution < -0.4 is 11.1 Å². The lowest BCUT2D eigenvalue weighted by molar-refractivity contribution is 0.170. The van der Waals surface area contributed by atoms with Crippen molar-refractivity contribution in [3.63, 3.8) is 0 Å². The van der Waals surface area contributed by atoms with E-state index in [1.165, 1.54) is 25.7 Å². The quantitative estimate of drug-likeness (QED) is 0.724. The van der Waals surface area contributed by atoms with Crippen LogP contribution in [0.25, 0.3) is 0 Å². The molecule has 0 radical (unpaired) electrons. The van der Waals surface area contributed by atoms with Gasteiger partial charge in [-0.1, -0.05) is 30.5 Å². The van der Waals surface area contributed by atoms with Crippen LogP contribution in [-0.4, -0.2) is 17.7 Å². The molecule has 0 bridgehead atoms. The molecule has 0 saturated heterocycles. The molecule has 1 unspecified atom stereocenters. The van der Waals surface area contributed by atoms with E-state index in [1.807, 2.05) is 6.07 Å². The van der Waals surface area contributed by atoms with Gasteiger partial charge < -0.3 is 16.2 Å². The molecule has 0 amide bonds. The number of aliphatic hydroxyl groups is 1. The minimum absolute atomic E-state index is 0.518. The van der Waals surface area contributed by atoms with Gasteiger partial charge in [0.15, 0.2) is 0 Å². The van der Waals surface area contributed by atoms with Crippen LogP contribution in [-0.2, 0) is 0 Å². The van der Waals surface area contributed by atoms with Crippen molar-refractivity contribution >= 4 is 17.3 Å². The van der Waals surface area contributed by atoms with Crippen molar-refractivity contribution in [2.24, 2.45) is 0 Å². The zero-order valence-electron chi connectivity index (χ0n) is 9.82. The van der Waals surface area contributed by atoms with Crippen molar-refractivity contribution in [1.82, 2.24) is 5.32 Å². The minimum Gasteiger partial charge on any atom is -0.398 e. The van der Waals surface area contributed by atoms with Gasteiger partial charge in [0.1, 0.15) is 0 Å². The number of hydrogen-bond donors (Lipinski definition) is 3. The molecule has 2 rings (SSSR count). The number of halogens is 1. The third-order valence-electron chi connectivity index (χ3n) is 3.36. The van der Waals surface area contributed by atoms with Crippen LogP contribution in [0.5, 0.6) is 0 Å². The molecule has 4 heteroatoms. The lowest BCUT2D eigenvalue weighted by Gasteiger charge is -2.17. The molecular formula is C13H19ClN2O. The van der Waals surface area contributed by atoms with Crippen LogP contribution in [0.3, 0.4) is 0 Å². The number of nitrogens with one attached hydrogen (secondary N) is 1. The molecule has 0 spiro atoms. The maximum atomic E-state index is 10.0. The maximum absolute atomic E-state index is 10.0. The number of benzene rings is 1. The molecule has 1 fully saturated rings. The standard InChI is InChI=1S/C13H19ClN2O/c14-11-6-5-9(7-12(11)15)13(17)8-16-10-3-1-2-4-10/h5-7,10,13,16-17H,1-4,8,15H2. The van der Waals surface area contributed by atoms with Crippen LogP contribution in [0.15, 0.2) is 18.2 Å². The third kappa shape index (κ3) is 3.35. The van der Waals surface area contributed by atoms with Crippen LogP contribution in [0.4, 0.5) is 5.69 Å². The van der Waals surface area contributed by atoms with Crippen molar-refractivity contribution in [1.29, 1.82) is 0 Å². The van der Waals surface area contributed by atoms with Crippen LogP contribution in [0.1, 0.15) is 37.4 Å². The topological polar surface area (TPSA) is 58.3 Å². The Morgan fingerprint density at radius 2 is 2.12 bits per heavy atom. The molecule has 1 aliphatic carbocycles. The molecule has 94 valence electrons. The van der Waals surface area contributed by atoms with Gasteiger partial charge in [-0.25, -0.2) is 0 Å². The minimum atomic E-state index is -0.518. The highest BCUT2D eigenvalue weighted by molar-refractivity contribution is 6.33. The molecular weight excluding hydrogens is 236 g/mol. The Hall–Kier alpha value is -0.770. The fourth-order valence-corrected chi connectivity index (χ4v) is 2.41. The van der Waals surface area contributed by atoms with E-state index in [1.54, 1.807) is 12.1 Å². The number of nitrogens with two attached hydrogens (primary N) is 1. The second-order valence-corrected chi connectivity index (χ2v) is 5.09. The molecule has 1 atom stereocenters. The first-order chi connectivity index (χ1) is 8.16. The van der Waals surface area contributed by atoms with E-state index >= 15 is 0 Å². The molecule has 3 nitrogen and oxygen atoms in total. The normalized spacial score (nSPS) is 18.5. The van der Waals surface area contributed by atoms with Gasteiger partial charge >= 0.3 is 0 Å². The van der Waals surface area contributed by atoms with Crippen molar-refractivity contribution < 1.29 is 5.11 Å². The summed E-state index contributed by atoms with van der Waals surface area (Å²) in [5, 5.41) is 14.0. The highest BCUT2D eigenvalue weighted by Gasteiger charge is 2.16. The second-order valence-electron chi connectivity index (χ2n) is 4.69. The number of nitrogen functional groups attached to an aromatic ring is 1. The molecule has 0 heterocycles. The van der Waals surface area contributed by atoms with Gasteiger partial charge in [0.05, 0.1) is 16.8 Å². The molecule has 17 heavy (non-hydrogen) atoms. The van der Waals surface area contributed by atoms with E-state index in [-0.39, 0.29) is 0 Å². The smallest absolute Gasteiger partial charge is 0.0915 e. The fraction of sp³-hybridized carbons (Fsp3) is 0.538. The summed E-state index contributed by atoms with van der Waals surface area (Å²) in [6, 6.07) is 5.85. The summed E-state index contributed by atoms with van der Waals surface area (Å²) in [5.74, 6) is 0. The van der Waals surface area contributed by atoms with Gasteiger partial charge in [-0.15, -0.1) is 0 Å². The van der Waals surface area contributed by atoms with E-state index in [0.29, 0.717) is 23.3 Å². The largest absolute Gasteiger partial charge is 0.398 e. The average molecular weight is 255 g/mol. The SMILES string of the molecule is Nc1cc(C(O)CNC2CCCC2)ccc1Cl. The van der Waals surface area contributed by atoms with Crippen molar-refractivity contribution in [2.75, 3.05) is 12.3 Å². The fourth-order valence-electron chi connectivity index (χ4n) is 2.30. The van der Waals surface area contributed by atoms with Gasteiger partial charge in [0.25, 0.3) is 0 Å². The Labute approximate surface area is 107 Å². The Morgan fingerprint density at radius 1 is 1.41 bits per heavy atom. The molecule has 0 aliphatic heterocycles. The van der Waals surface area contributed by atoms with Crippen LogP contribution >= 0.6 is 11.6 Å². The van der Waals surface area contributed by atoms with E-state index in [2.05, 4.69) is 5.32 Å². The van der Waals surface area contributed by atoms with Crippen LogP contribution in [0.2, 0.25) is 5.02 Å². The van der Waals surface area contributed by atoms with Gasteiger partial charge in [0.2, 0.25) is 0 Å². The Bertz CT molecular complexity index is 378. The summed E-state index contributed by atoms with van der Waals surface area (Å²) >= 11 is 5.84. The summed E-state index contributed by atoms with van der Waals surface area (Å²) in [7, 11) is 0. The number of anilines is 1. The number of hydrogen-bond acceptors (Lipinski definition) is 3. The third-order valence-corrected chi connectivity index (χ3v) is 3.70. The average Bonchev–Trinajstić information content (AvgIpc) is 2.82. The van der Waals surface area contributed by atoms with E-state index < -0.39 is 6.10 Å². The zero-order valence-corrected chi connectivity index (χ0v) is 10.6. The first-order valence-electron chi connectivity index (χ1n) is 6.13. The number of aliphatic hydroxyl groups excluding tert-OH is 1. The molecule has 0 aromatic heterocycles. The second kappa shape index (κ2) is 5.71. The van der Waals surface area contributed by atoms with Crippen molar-refractivity contribution in [2.45, 2.75) is 37.8 Å². The molecule has 1 aromatic carbocycles. The molecule has 1 saturated carbocycles. The Kier molecular flexibility index (Phi) is 4.26. The number of rotatable bonds is 4. The van der Waals surface area contributed by atoms with E-state index in [0.717, 1.165) is 5.56 Å². The lowest BCUT2D eigenvalue weighted by Crippen LogP contribution is -2.30. The molecule has 1 aliphatic rings. The first kappa shape index (κ1) is 12.7. The predicted octanol–water partition coefficient (Wildman–Crippen LogP) is 2.49. The van der Waals surface area contributed by atoms with E-state index in [4.69, 9.17) is 17.3 Å². The zero-order chi connectivity index (χ0) is 12.3. The highest BCUT2D eigenvalue weighted by atomic mass is 35.5. The first-order valence-corrected chi connectivity index (χ1v) is 6.51. The summed E-state index contributed by atoms with van der Waals surface area (Å²) in [5.41, 5.74) is 7.05. The molecule has 1 aromatic rings. The monoisotopic (exact) mass is 254 g/mol. The predicted molar refractivity (Wildman–Crippen MR) is 71.1 cm³/mol. The van der Waals surface area contributed by atoms with Crippen molar-refractivity contribution in [3.05, 3.63) is 28.8 Å². The molecule has 4 N–H and O–H groups in total. The highest BCUT2D eigenvalue weighted by Crippen LogP contribution is 2.24. The van der Waals surface area contributed by atoms with Gasteiger partial charge in [0, 0.05) is 12.6 Å². The summed E-state index contributed by atoms with van der Waals surface area (Å²) < 4.78 is 0. The summed E-state index contributed by atoms with van der Waals surface area (Å²) in [6.45, 7) is 0.575. The Balaban J connectivity index is 1.89. The lowest BCUT2D eigenvalue weighted by atomic mass is 10.1. The summed E-state index contributed by atoms with van der Waals surface area (Å²) in [4.78, 5) is 0. The van der Waals surface area contributed by atoms with E-state index in [9.17, 15) is 5.11 Å². The van der Waals surface area contributed by atoms with Crippen molar-refractivity contribution in [3.8, 4) is 0 Å². The maximum Gasteiger partial charge on any atom is 0.0915 e.